The molecule has 1 N–H and O–H groups in total. The number of carbonyl (C=O) groups excluding carboxylic acids is 1. The van der Waals surface area contributed by atoms with Crippen LogP contribution in [-0.2, 0) is 21.4 Å². The van der Waals surface area contributed by atoms with E-state index in [-0.39, 0.29) is 6.54 Å². The highest BCUT2D eigenvalue weighted by atomic mass is 32.2. The van der Waals surface area contributed by atoms with E-state index in [2.05, 4.69) is 9.71 Å². The Bertz CT molecular complexity index is 863. The fourth-order valence-corrected chi connectivity index (χ4v) is 4.23. The summed E-state index contributed by atoms with van der Waals surface area (Å²) in [6.45, 7) is 0.247. The minimum Gasteiger partial charge on any atom is -0.338 e. The number of halogens is 1. The summed E-state index contributed by atoms with van der Waals surface area (Å²) in [5.41, 5.74) is 0.689. The van der Waals surface area contributed by atoms with E-state index in [0.717, 1.165) is 6.07 Å². The zero-order valence-corrected chi connectivity index (χ0v) is 16.8. The molecule has 1 heterocycles. The number of benzene rings is 1. The monoisotopic (exact) mass is 411 g/mol. The number of aromatic nitrogens is 1. The lowest BCUT2D eigenvalue weighted by atomic mass is 10.2. The Morgan fingerprint density at radius 3 is 2.59 bits per heavy atom. The molecule has 6 nitrogen and oxygen atoms in total. The Balaban J connectivity index is 2.18. The van der Waals surface area contributed by atoms with Crippen LogP contribution in [0.3, 0.4) is 0 Å². The molecule has 0 saturated heterocycles. The van der Waals surface area contributed by atoms with Crippen molar-refractivity contribution in [2.24, 2.45) is 0 Å². The van der Waals surface area contributed by atoms with Crippen LogP contribution < -0.4 is 4.72 Å². The summed E-state index contributed by atoms with van der Waals surface area (Å²) < 4.78 is 41.4. The lowest BCUT2D eigenvalue weighted by Crippen LogP contribution is -2.47. The smallest absolute Gasteiger partial charge is 0.244 e. The third-order valence-corrected chi connectivity index (χ3v) is 5.98. The largest absolute Gasteiger partial charge is 0.338 e. The summed E-state index contributed by atoms with van der Waals surface area (Å²) in [5, 5.41) is 0. The molecule has 146 valence electrons. The highest BCUT2D eigenvalue weighted by Crippen LogP contribution is 2.16. The van der Waals surface area contributed by atoms with Gasteiger partial charge in [-0.05, 0) is 42.7 Å². The molecule has 1 aromatic heterocycles. The van der Waals surface area contributed by atoms with E-state index in [1.165, 1.54) is 34.9 Å². The molecule has 0 bridgehead atoms. The predicted octanol–water partition coefficient (Wildman–Crippen LogP) is 2.28. The zero-order valence-electron chi connectivity index (χ0n) is 15.1. The van der Waals surface area contributed by atoms with Crippen molar-refractivity contribution in [3.63, 3.8) is 0 Å². The van der Waals surface area contributed by atoms with Crippen molar-refractivity contribution in [2.45, 2.75) is 23.9 Å². The number of carbonyl (C=O) groups is 1. The van der Waals surface area contributed by atoms with E-state index >= 15 is 0 Å². The molecule has 0 saturated carbocycles. The number of sulfonamides is 1. The molecule has 1 atom stereocenters. The van der Waals surface area contributed by atoms with Crippen molar-refractivity contribution in [1.29, 1.82) is 0 Å². The Labute approximate surface area is 163 Å². The van der Waals surface area contributed by atoms with E-state index in [9.17, 15) is 17.6 Å². The number of hydrogen-bond donors (Lipinski definition) is 1. The number of amides is 1. The Kier molecular flexibility index (Phi) is 7.76. The standard InChI is InChI=1S/C18H22FN3O3S2/c1-22(13-14-7-5-6-11-20-14)18(23)16(10-12-26-2)21-27(24,25)17-9-4-3-8-15(17)19/h3-9,11,16,21H,10,12-13H2,1-2H3. The first-order valence-electron chi connectivity index (χ1n) is 8.26. The summed E-state index contributed by atoms with van der Waals surface area (Å²) in [6, 6.07) is 9.46. The van der Waals surface area contributed by atoms with Crippen molar-refractivity contribution in [3.8, 4) is 0 Å². The molecule has 0 radical (unpaired) electrons. The second-order valence-electron chi connectivity index (χ2n) is 5.90. The Morgan fingerprint density at radius 1 is 1.26 bits per heavy atom. The third kappa shape index (κ3) is 6.02. The number of thioether (sulfide) groups is 1. The van der Waals surface area contributed by atoms with Gasteiger partial charge in [0.05, 0.1) is 12.2 Å². The summed E-state index contributed by atoms with van der Waals surface area (Å²) in [4.78, 5) is 17.9. The SMILES string of the molecule is CSCCC(NS(=O)(=O)c1ccccc1F)C(=O)N(C)Cc1ccccn1. The maximum Gasteiger partial charge on any atom is 0.244 e. The van der Waals surface area contributed by atoms with E-state index in [1.54, 1.807) is 25.4 Å². The lowest BCUT2D eigenvalue weighted by molar-refractivity contribution is -0.132. The number of rotatable bonds is 9. The van der Waals surface area contributed by atoms with Crippen LogP contribution in [0.2, 0.25) is 0 Å². The van der Waals surface area contributed by atoms with Crippen LogP contribution in [0.25, 0.3) is 0 Å². The van der Waals surface area contributed by atoms with Crippen LogP contribution in [0.4, 0.5) is 4.39 Å². The molecule has 0 aliphatic heterocycles. The van der Waals surface area contributed by atoms with Crippen LogP contribution in [0.5, 0.6) is 0 Å². The number of likely N-dealkylation sites (N-methyl/N-ethyl adjacent to an activating group) is 1. The fourth-order valence-electron chi connectivity index (χ4n) is 2.46. The Hall–Kier alpha value is -1.97. The van der Waals surface area contributed by atoms with Gasteiger partial charge >= 0.3 is 0 Å². The van der Waals surface area contributed by atoms with Crippen LogP contribution in [-0.4, -0.2) is 49.3 Å². The van der Waals surface area contributed by atoms with Gasteiger partial charge in [-0.25, -0.2) is 12.8 Å². The Morgan fingerprint density at radius 2 is 1.96 bits per heavy atom. The average Bonchev–Trinajstić information content (AvgIpc) is 2.65. The molecule has 1 amide bonds. The van der Waals surface area contributed by atoms with Gasteiger partial charge in [0.2, 0.25) is 15.9 Å². The summed E-state index contributed by atoms with van der Waals surface area (Å²) in [5.74, 6) is -0.675. The highest BCUT2D eigenvalue weighted by molar-refractivity contribution is 7.98. The van der Waals surface area contributed by atoms with Gasteiger partial charge in [-0.3, -0.25) is 9.78 Å². The van der Waals surface area contributed by atoms with E-state index in [0.29, 0.717) is 17.9 Å². The first-order valence-corrected chi connectivity index (χ1v) is 11.1. The predicted molar refractivity (Wildman–Crippen MR) is 104 cm³/mol. The van der Waals surface area contributed by atoms with E-state index in [4.69, 9.17) is 0 Å². The van der Waals surface area contributed by atoms with Gasteiger partial charge in [0, 0.05) is 13.2 Å². The molecule has 1 unspecified atom stereocenters. The van der Waals surface area contributed by atoms with Crippen molar-refractivity contribution in [1.82, 2.24) is 14.6 Å². The average molecular weight is 412 g/mol. The normalized spacial score (nSPS) is 12.6. The van der Waals surface area contributed by atoms with Gasteiger partial charge in [-0.1, -0.05) is 18.2 Å². The van der Waals surface area contributed by atoms with Gasteiger partial charge in [0.1, 0.15) is 16.8 Å². The van der Waals surface area contributed by atoms with Gasteiger partial charge in [0.15, 0.2) is 0 Å². The third-order valence-electron chi connectivity index (χ3n) is 3.83. The van der Waals surface area contributed by atoms with Crippen LogP contribution in [0, 0.1) is 5.82 Å². The quantitative estimate of drug-likeness (QED) is 0.685. The molecular weight excluding hydrogens is 389 g/mol. The first-order chi connectivity index (χ1) is 12.8. The number of nitrogens with one attached hydrogen (secondary N) is 1. The number of hydrogen-bond acceptors (Lipinski definition) is 5. The molecule has 2 rings (SSSR count). The molecule has 0 spiro atoms. The molecular formula is C18H22FN3O3S2. The van der Waals surface area contributed by atoms with Crippen LogP contribution >= 0.6 is 11.8 Å². The summed E-state index contributed by atoms with van der Waals surface area (Å²) >= 11 is 1.50. The van der Waals surface area contributed by atoms with E-state index in [1.807, 2.05) is 12.3 Å². The van der Waals surface area contributed by atoms with Gasteiger partial charge < -0.3 is 4.90 Å². The lowest BCUT2D eigenvalue weighted by Gasteiger charge is -2.24. The molecule has 0 fully saturated rings. The number of pyridine rings is 1. The molecule has 0 aliphatic carbocycles. The van der Waals surface area contributed by atoms with Crippen molar-refractivity contribution < 1.29 is 17.6 Å². The molecule has 2 aromatic rings. The minimum atomic E-state index is -4.17. The summed E-state index contributed by atoms with van der Waals surface area (Å²) in [6.07, 6.45) is 3.78. The summed E-state index contributed by atoms with van der Waals surface area (Å²) in [7, 11) is -2.59. The van der Waals surface area contributed by atoms with Crippen LogP contribution in [0.15, 0.2) is 53.6 Å². The fraction of sp³-hybridized carbons (Fsp3) is 0.333. The molecule has 0 aliphatic rings. The molecule has 9 heteroatoms. The second-order valence-corrected chi connectivity index (χ2v) is 8.57. The maximum atomic E-state index is 13.9. The number of nitrogens with zero attached hydrogens (tertiary/aromatic N) is 2. The second kappa shape index (κ2) is 9.82. The minimum absolute atomic E-state index is 0.247. The zero-order chi connectivity index (χ0) is 19.9. The van der Waals surface area contributed by atoms with Crippen molar-refractivity contribution in [2.75, 3.05) is 19.1 Å². The molecule has 1 aromatic carbocycles. The van der Waals surface area contributed by atoms with Crippen molar-refractivity contribution in [3.05, 3.63) is 60.2 Å². The highest BCUT2D eigenvalue weighted by Gasteiger charge is 2.29. The maximum absolute atomic E-state index is 13.9. The van der Waals surface area contributed by atoms with Gasteiger partial charge in [0.25, 0.3) is 0 Å². The van der Waals surface area contributed by atoms with E-state index < -0.39 is 32.7 Å². The molecule has 27 heavy (non-hydrogen) atoms. The first kappa shape index (κ1) is 21.3. The topological polar surface area (TPSA) is 79.4 Å². The van der Waals surface area contributed by atoms with Crippen LogP contribution in [0.1, 0.15) is 12.1 Å². The van der Waals surface area contributed by atoms with Crippen molar-refractivity contribution >= 4 is 27.7 Å². The van der Waals surface area contributed by atoms with Gasteiger partial charge in [-0.2, -0.15) is 16.5 Å². The van der Waals surface area contributed by atoms with Gasteiger partial charge in [-0.15, -0.1) is 0 Å².